The van der Waals surface area contributed by atoms with E-state index in [9.17, 15) is 14.4 Å². The number of ether oxygens (including phenoxy) is 1. The molecule has 1 saturated heterocycles. The largest absolute Gasteiger partial charge is 0.467 e. The van der Waals surface area contributed by atoms with Gasteiger partial charge < -0.3 is 15.4 Å². The lowest BCUT2D eigenvalue weighted by Gasteiger charge is -2.23. The van der Waals surface area contributed by atoms with Gasteiger partial charge in [0, 0.05) is 13.0 Å². The molecule has 2 amide bonds. The van der Waals surface area contributed by atoms with Crippen LogP contribution in [-0.2, 0) is 19.1 Å². The van der Waals surface area contributed by atoms with Crippen molar-refractivity contribution in [1.29, 1.82) is 0 Å². The Morgan fingerprint density at radius 1 is 1.56 bits per heavy atom. The molecule has 1 aliphatic heterocycles. The highest BCUT2D eigenvalue weighted by Crippen LogP contribution is 2.13. The summed E-state index contributed by atoms with van der Waals surface area (Å²) in [5.41, 5.74) is 0. The number of carbonyl (C=O) groups excluding carboxylic acids is 3. The minimum atomic E-state index is -0.650. The van der Waals surface area contributed by atoms with E-state index in [2.05, 4.69) is 15.4 Å². The first-order chi connectivity index (χ1) is 8.49. The van der Waals surface area contributed by atoms with E-state index in [0.717, 1.165) is 6.42 Å². The maximum absolute atomic E-state index is 11.9. The third-order valence-corrected chi connectivity index (χ3v) is 3.31. The molecule has 6 nitrogen and oxygen atoms in total. The maximum Gasteiger partial charge on any atom is 0.328 e. The van der Waals surface area contributed by atoms with Gasteiger partial charge in [0.2, 0.25) is 11.8 Å². The molecule has 1 rings (SSSR count). The van der Waals surface area contributed by atoms with Crippen LogP contribution in [0.15, 0.2) is 0 Å². The molecule has 6 heteroatoms. The highest BCUT2D eigenvalue weighted by Gasteiger charge is 2.33. The van der Waals surface area contributed by atoms with Crippen LogP contribution in [0.1, 0.15) is 26.7 Å². The second-order valence-corrected chi connectivity index (χ2v) is 4.60. The van der Waals surface area contributed by atoms with Gasteiger partial charge in [-0.05, 0) is 5.92 Å². The van der Waals surface area contributed by atoms with Gasteiger partial charge in [-0.2, -0.15) is 0 Å². The second kappa shape index (κ2) is 6.37. The van der Waals surface area contributed by atoms with Crippen molar-refractivity contribution in [3.63, 3.8) is 0 Å². The van der Waals surface area contributed by atoms with Gasteiger partial charge in [0.15, 0.2) is 0 Å². The average Bonchev–Trinajstić information content (AvgIpc) is 2.80. The van der Waals surface area contributed by atoms with Crippen molar-refractivity contribution in [3.05, 3.63) is 0 Å². The summed E-state index contributed by atoms with van der Waals surface area (Å²) >= 11 is 0. The van der Waals surface area contributed by atoms with Crippen LogP contribution in [0.4, 0.5) is 0 Å². The van der Waals surface area contributed by atoms with Gasteiger partial charge in [-0.15, -0.1) is 0 Å². The number of carbonyl (C=O) groups is 3. The van der Waals surface area contributed by atoms with E-state index in [1.54, 1.807) is 0 Å². The van der Waals surface area contributed by atoms with E-state index >= 15 is 0 Å². The maximum atomic E-state index is 11.9. The van der Waals surface area contributed by atoms with Crippen LogP contribution in [0, 0.1) is 11.8 Å². The molecule has 2 N–H and O–H groups in total. The van der Waals surface area contributed by atoms with Crippen molar-refractivity contribution in [1.82, 2.24) is 10.6 Å². The number of nitrogens with one attached hydrogen (secondary N) is 2. The Morgan fingerprint density at radius 2 is 2.22 bits per heavy atom. The van der Waals surface area contributed by atoms with Crippen molar-refractivity contribution in [3.8, 4) is 0 Å². The minimum absolute atomic E-state index is 0.00790. The first-order valence-electron chi connectivity index (χ1n) is 6.14. The third kappa shape index (κ3) is 3.45. The van der Waals surface area contributed by atoms with Crippen LogP contribution >= 0.6 is 0 Å². The van der Waals surface area contributed by atoms with Gasteiger partial charge in [-0.1, -0.05) is 20.3 Å². The highest BCUT2D eigenvalue weighted by atomic mass is 16.5. The fourth-order valence-corrected chi connectivity index (χ4v) is 1.86. The van der Waals surface area contributed by atoms with Gasteiger partial charge in [0.1, 0.15) is 6.04 Å². The molecule has 0 spiro atoms. The summed E-state index contributed by atoms with van der Waals surface area (Å²) < 4.78 is 4.68. The summed E-state index contributed by atoms with van der Waals surface area (Å²) in [5.74, 6) is -1.26. The van der Waals surface area contributed by atoms with Gasteiger partial charge in [0.05, 0.1) is 13.0 Å². The second-order valence-electron chi connectivity index (χ2n) is 4.60. The van der Waals surface area contributed by atoms with Crippen molar-refractivity contribution < 1.29 is 19.1 Å². The normalized spacial score (nSPS) is 21.9. The van der Waals surface area contributed by atoms with Crippen LogP contribution in [0.5, 0.6) is 0 Å². The van der Waals surface area contributed by atoms with E-state index < -0.39 is 17.9 Å². The first-order valence-corrected chi connectivity index (χ1v) is 6.14. The van der Waals surface area contributed by atoms with Crippen molar-refractivity contribution in [2.24, 2.45) is 11.8 Å². The molecule has 18 heavy (non-hydrogen) atoms. The zero-order valence-corrected chi connectivity index (χ0v) is 11.0. The summed E-state index contributed by atoms with van der Waals surface area (Å²) in [6, 6.07) is -0.650. The topological polar surface area (TPSA) is 84.5 Å². The van der Waals surface area contributed by atoms with Crippen LogP contribution in [0.2, 0.25) is 0 Å². The summed E-state index contributed by atoms with van der Waals surface area (Å²) in [6.07, 6.45) is 0.933. The molecule has 3 unspecified atom stereocenters. The van der Waals surface area contributed by atoms with E-state index in [4.69, 9.17) is 0 Å². The molecule has 1 aliphatic rings. The number of esters is 1. The van der Waals surface area contributed by atoms with Crippen LogP contribution < -0.4 is 10.6 Å². The Kier molecular flexibility index (Phi) is 5.12. The molecule has 1 heterocycles. The molecule has 1 fully saturated rings. The van der Waals surface area contributed by atoms with Crippen molar-refractivity contribution in [2.45, 2.75) is 32.7 Å². The molecule has 102 valence electrons. The van der Waals surface area contributed by atoms with Crippen LogP contribution in [0.3, 0.4) is 0 Å². The Hall–Kier alpha value is -1.59. The Balaban J connectivity index is 2.62. The quantitative estimate of drug-likeness (QED) is 0.669. The molecule has 0 saturated carbocycles. The van der Waals surface area contributed by atoms with Crippen LogP contribution in [-0.4, -0.2) is 37.5 Å². The third-order valence-electron chi connectivity index (χ3n) is 3.31. The summed E-state index contributed by atoms with van der Waals surface area (Å²) in [4.78, 5) is 34.6. The number of rotatable bonds is 5. The molecule has 3 atom stereocenters. The monoisotopic (exact) mass is 256 g/mol. The zero-order valence-electron chi connectivity index (χ0n) is 11.0. The standard InChI is InChI=1S/C12H20N2O4/c1-4-7(2)10(12(17)18-3)14-11(16)8-5-9(15)13-6-8/h7-8,10H,4-6H2,1-3H3,(H,13,15)(H,14,16). The van der Waals surface area contributed by atoms with Gasteiger partial charge in [-0.3, -0.25) is 9.59 Å². The Morgan fingerprint density at radius 3 is 2.67 bits per heavy atom. The fourth-order valence-electron chi connectivity index (χ4n) is 1.86. The molecule has 0 aliphatic carbocycles. The average molecular weight is 256 g/mol. The van der Waals surface area contributed by atoms with E-state index in [-0.39, 0.29) is 24.2 Å². The molecular formula is C12H20N2O4. The number of methoxy groups -OCH3 is 1. The van der Waals surface area contributed by atoms with Crippen LogP contribution in [0.25, 0.3) is 0 Å². The van der Waals surface area contributed by atoms with E-state index in [1.807, 2.05) is 13.8 Å². The number of hydrogen-bond donors (Lipinski definition) is 2. The predicted molar refractivity (Wildman–Crippen MR) is 64.5 cm³/mol. The SMILES string of the molecule is CCC(C)C(NC(=O)C1CNC(=O)C1)C(=O)OC. The van der Waals surface area contributed by atoms with E-state index in [1.165, 1.54) is 7.11 Å². The van der Waals surface area contributed by atoms with Gasteiger partial charge >= 0.3 is 5.97 Å². The minimum Gasteiger partial charge on any atom is -0.467 e. The first kappa shape index (κ1) is 14.5. The van der Waals surface area contributed by atoms with Crippen molar-refractivity contribution in [2.75, 3.05) is 13.7 Å². The lowest BCUT2D eigenvalue weighted by molar-refractivity contribution is -0.147. The Bertz CT molecular complexity index is 343. The summed E-state index contributed by atoms with van der Waals surface area (Å²) in [5, 5.41) is 5.27. The molecule has 0 aromatic carbocycles. The lowest BCUT2D eigenvalue weighted by atomic mass is 9.98. The summed E-state index contributed by atoms with van der Waals surface area (Å²) in [7, 11) is 1.30. The van der Waals surface area contributed by atoms with E-state index in [0.29, 0.717) is 6.54 Å². The molecule has 0 aromatic rings. The van der Waals surface area contributed by atoms with Gasteiger partial charge in [-0.25, -0.2) is 4.79 Å². The zero-order chi connectivity index (χ0) is 13.7. The molecule has 0 bridgehead atoms. The lowest BCUT2D eigenvalue weighted by Crippen LogP contribution is -2.48. The molecule has 0 aromatic heterocycles. The molecule has 0 radical (unpaired) electrons. The fraction of sp³-hybridized carbons (Fsp3) is 0.750. The number of amides is 2. The number of hydrogen-bond acceptors (Lipinski definition) is 4. The van der Waals surface area contributed by atoms with Gasteiger partial charge in [0.25, 0.3) is 0 Å². The molecular weight excluding hydrogens is 236 g/mol. The smallest absolute Gasteiger partial charge is 0.328 e. The summed E-state index contributed by atoms with van der Waals surface area (Å²) in [6.45, 7) is 4.15. The highest BCUT2D eigenvalue weighted by molar-refractivity contribution is 5.91. The Labute approximate surface area is 106 Å². The predicted octanol–water partition coefficient (Wildman–Crippen LogP) is -0.174. The van der Waals surface area contributed by atoms with Crippen molar-refractivity contribution >= 4 is 17.8 Å².